The van der Waals surface area contributed by atoms with Gasteiger partial charge in [0.15, 0.2) is 5.75 Å². The number of hydroxylamine groups is 2. The molecule has 1 amide bonds. The Kier molecular flexibility index (Phi) is 4.20. The Balaban J connectivity index is 2.77. The summed E-state index contributed by atoms with van der Waals surface area (Å²) in [6, 6.07) is 4.43. The lowest BCUT2D eigenvalue weighted by Gasteiger charge is -2.12. The van der Waals surface area contributed by atoms with Crippen molar-refractivity contribution in [3.05, 3.63) is 28.2 Å². The molecule has 0 spiro atoms. The van der Waals surface area contributed by atoms with E-state index in [4.69, 9.17) is 33.1 Å². The maximum Gasteiger partial charge on any atom is 0.439 e. The summed E-state index contributed by atoms with van der Waals surface area (Å²) in [6.07, 6.45) is -0.887. The lowest BCUT2D eigenvalue weighted by atomic mass is 10.3. The molecule has 0 saturated heterocycles. The second kappa shape index (κ2) is 5.21. The van der Waals surface area contributed by atoms with Gasteiger partial charge in [-0.3, -0.25) is 5.21 Å². The Hall–Kier alpha value is -0.970. The van der Waals surface area contributed by atoms with Crippen LogP contribution in [0.4, 0.5) is 4.79 Å². The number of ether oxygens (including phenoxy) is 1. The molecule has 6 heteroatoms. The van der Waals surface area contributed by atoms with E-state index >= 15 is 0 Å². The van der Waals surface area contributed by atoms with Gasteiger partial charge in [0.2, 0.25) is 0 Å². The van der Waals surface area contributed by atoms with Gasteiger partial charge in [-0.25, -0.2) is 4.79 Å². The summed E-state index contributed by atoms with van der Waals surface area (Å²) in [5, 5.41) is 10.1. The van der Waals surface area contributed by atoms with Crippen molar-refractivity contribution in [3.63, 3.8) is 0 Å². The number of benzene rings is 1. The summed E-state index contributed by atoms with van der Waals surface area (Å²) >= 11 is 11.4. The number of nitrogens with zero attached hydrogens (tertiary/aromatic N) is 1. The quantitative estimate of drug-likeness (QED) is 0.647. The number of halogens is 2. The molecule has 0 fully saturated rings. The van der Waals surface area contributed by atoms with Gasteiger partial charge in [-0.1, -0.05) is 23.2 Å². The predicted molar refractivity (Wildman–Crippen MR) is 56.7 cm³/mol. The van der Waals surface area contributed by atoms with Gasteiger partial charge >= 0.3 is 6.09 Å². The molecule has 0 aromatic heterocycles. The van der Waals surface area contributed by atoms with Crippen LogP contribution < -0.4 is 4.74 Å². The van der Waals surface area contributed by atoms with Crippen molar-refractivity contribution in [2.75, 3.05) is 6.54 Å². The number of hydrogen-bond donors (Lipinski definition) is 1. The first-order valence-electron chi connectivity index (χ1n) is 4.18. The van der Waals surface area contributed by atoms with Gasteiger partial charge in [0.05, 0.1) is 5.02 Å². The van der Waals surface area contributed by atoms with E-state index in [1.54, 1.807) is 6.92 Å². The monoisotopic (exact) mass is 249 g/mol. The van der Waals surface area contributed by atoms with Crippen molar-refractivity contribution in [2.45, 2.75) is 6.92 Å². The highest BCUT2D eigenvalue weighted by molar-refractivity contribution is 6.35. The van der Waals surface area contributed by atoms with Crippen LogP contribution >= 0.6 is 23.2 Å². The van der Waals surface area contributed by atoms with Crippen LogP contribution in [0.15, 0.2) is 18.2 Å². The molecule has 1 aromatic rings. The SMILES string of the molecule is CCN(O)C(=O)Oc1ccc(Cl)cc1Cl. The summed E-state index contributed by atoms with van der Waals surface area (Å²) in [5.74, 6) is 0.151. The fourth-order valence-corrected chi connectivity index (χ4v) is 1.28. The number of carbonyl (C=O) groups excluding carboxylic acids is 1. The molecule has 1 aromatic carbocycles. The molecule has 0 bridgehead atoms. The van der Waals surface area contributed by atoms with Crippen LogP contribution in [0, 0.1) is 0 Å². The van der Waals surface area contributed by atoms with Gasteiger partial charge < -0.3 is 4.74 Å². The van der Waals surface area contributed by atoms with Crippen molar-refractivity contribution in [3.8, 4) is 5.75 Å². The molecular weight excluding hydrogens is 241 g/mol. The maximum absolute atomic E-state index is 11.1. The van der Waals surface area contributed by atoms with Gasteiger partial charge in [0.25, 0.3) is 0 Å². The Morgan fingerprint density at radius 1 is 1.53 bits per heavy atom. The third kappa shape index (κ3) is 3.27. The first-order valence-corrected chi connectivity index (χ1v) is 4.93. The number of hydrogen-bond acceptors (Lipinski definition) is 3. The van der Waals surface area contributed by atoms with Gasteiger partial charge in [-0.2, -0.15) is 5.06 Å². The molecule has 0 radical (unpaired) electrons. The minimum absolute atomic E-state index is 0.129. The third-order valence-electron chi connectivity index (χ3n) is 1.60. The van der Waals surface area contributed by atoms with Gasteiger partial charge in [0, 0.05) is 11.6 Å². The highest BCUT2D eigenvalue weighted by Gasteiger charge is 2.13. The van der Waals surface area contributed by atoms with E-state index < -0.39 is 6.09 Å². The lowest BCUT2D eigenvalue weighted by molar-refractivity contribution is -0.0559. The molecule has 0 unspecified atom stereocenters. The molecule has 82 valence electrons. The normalized spacial score (nSPS) is 9.87. The minimum atomic E-state index is -0.887. The van der Waals surface area contributed by atoms with E-state index in [0.29, 0.717) is 10.1 Å². The first kappa shape index (κ1) is 12.1. The highest BCUT2D eigenvalue weighted by atomic mass is 35.5. The standard InChI is InChI=1S/C9H9Cl2NO3/c1-2-12(14)9(13)15-8-4-3-6(10)5-7(8)11/h3-5,14H,2H2,1H3. The largest absolute Gasteiger partial charge is 0.439 e. The Morgan fingerprint density at radius 3 is 2.73 bits per heavy atom. The zero-order chi connectivity index (χ0) is 11.4. The van der Waals surface area contributed by atoms with Crippen LogP contribution in [0.1, 0.15) is 6.92 Å². The van der Waals surface area contributed by atoms with Crippen LogP contribution in [0.5, 0.6) is 5.75 Å². The van der Waals surface area contributed by atoms with Crippen molar-refractivity contribution in [1.29, 1.82) is 0 Å². The van der Waals surface area contributed by atoms with Gasteiger partial charge in [-0.15, -0.1) is 0 Å². The summed E-state index contributed by atoms with van der Waals surface area (Å²) in [4.78, 5) is 11.1. The summed E-state index contributed by atoms with van der Waals surface area (Å²) in [7, 11) is 0. The van der Waals surface area contributed by atoms with E-state index in [9.17, 15) is 4.79 Å². The molecule has 1 rings (SSSR count). The fourth-order valence-electron chi connectivity index (χ4n) is 0.834. The van der Waals surface area contributed by atoms with E-state index in [1.807, 2.05) is 0 Å². The summed E-state index contributed by atoms with van der Waals surface area (Å²) < 4.78 is 4.80. The molecule has 15 heavy (non-hydrogen) atoms. The zero-order valence-electron chi connectivity index (χ0n) is 7.91. The van der Waals surface area contributed by atoms with Crippen LogP contribution in [0.3, 0.4) is 0 Å². The average Bonchev–Trinajstić information content (AvgIpc) is 2.20. The van der Waals surface area contributed by atoms with Crippen LogP contribution in [-0.2, 0) is 0 Å². The fraction of sp³-hybridized carbons (Fsp3) is 0.222. The number of rotatable bonds is 2. The molecule has 0 aliphatic carbocycles. The maximum atomic E-state index is 11.1. The van der Waals surface area contributed by atoms with Crippen LogP contribution in [0.25, 0.3) is 0 Å². The smallest absolute Gasteiger partial charge is 0.407 e. The molecule has 4 nitrogen and oxygen atoms in total. The lowest BCUT2D eigenvalue weighted by Crippen LogP contribution is -2.29. The zero-order valence-corrected chi connectivity index (χ0v) is 9.42. The summed E-state index contributed by atoms with van der Waals surface area (Å²) in [5.41, 5.74) is 0. The van der Waals surface area contributed by atoms with Crippen molar-refractivity contribution in [2.24, 2.45) is 0 Å². The molecule has 0 saturated carbocycles. The van der Waals surface area contributed by atoms with E-state index in [0.717, 1.165) is 0 Å². The van der Waals surface area contributed by atoms with Crippen LogP contribution in [0.2, 0.25) is 10.0 Å². The van der Waals surface area contributed by atoms with E-state index in [-0.39, 0.29) is 17.3 Å². The second-order valence-electron chi connectivity index (χ2n) is 2.66. The van der Waals surface area contributed by atoms with E-state index in [1.165, 1.54) is 18.2 Å². The van der Waals surface area contributed by atoms with Gasteiger partial charge in [0.1, 0.15) is 0 Å². The second-order valence-corrected chi connectivity index (χ2v) is 3.50. The van der Waals surface area contributed by atoms with Crippen molar-refractivity contribution < 1.29 is 14.7 Å². The number of carbonyl (C=O) groups is 1. The molecule has 1 N–H and O–H groups in total. The highest BCUT2D eigenvalue weighted by Crippen LogP contribution is 2.27. The molecule has 0 aliphatic heterocycles. The van der Waals surface area contributed by atoms with Crippen molar-refractivity contribution in [1.82, 2.24) is 5.06 Å². The molecule has 0 aliphatic rings. The molecule has 0 atom stereocenters. The van der Waals surface area contributed by atoms with Gasteiger partial charge in [-0.05, 0) is 25.1 Å². The predicted octanol–water partition coefficient (Wildman–Crippen LogP) is 3.20. The summed E-state index contributed by atoms with van der Waals surface area (Å²) in [6.45, 7) is 1.73. The first-order chi connectivity index (χ1) is 7.04. The Morgan fingerprint density at radius 2 is 2.20 bits per heavy atom. The molecule has 0 heterocycles. The minimum Gasteiger partial charge on any atom is -0.407 e. The van der Waals surface area contributed by atoms with Crippen molar-refractivity contribution >= 4 is 29.3 Å². The topological polar surface area (TPSA) is 49.8 Å². The Labute approximate surface area is 96.9 Å². The molecular formula is C9H9Cl2NO3. The third-order valence-corrected chi connectivity index (χ3v) is 2.13. The Bertz CT molecular complexity index is 370. The van der Waals surface area contributed by atoms with E-state index in [2.05, 4.69) is 0 Å². The number of amides is 1. The average molecular weight is 250 g/mol. The van der Waals surface area contributed by atoms with Crippen LogP contribution in [-0.4, -0.2) is 22.9 Å².